The van der Waals surface area contributed by atoms with Crippen molar-refractivity contribution in [3.05, 3.63) is 54.0 Å². The SMILES string of the molecule is CN=C(NCCCOCc1ccco1)NCC(c1ccc(OC)cc1)N1CCCC1.I. The summed E-state index contributed by atoms with van der Waals surface area (Å²) < 4.78 is 16.2. The first-order valence-corrected chi connectivity index (χ1v) is 10.7. The topological polar surface area (TPSA) is 71.3 Å². The monoisotopic (exact) mass is 542 g/mol. The van der Waals surface area contributed by atoms with E-state index in [1.165, 1.54) is 18.4 Å². The zero-order valence-corrected chi connectivity index (χ0v) is 20.8. The van der Waals surface area contributed by atoms with Crippen LogP contribution in [0.15, 0.2) is 52.1 Å². The normalized spacial score (nSPS) is 15.4. The number of nitrogens with zero attached hydrogens (tertiary/aromatic N) is 2. The number of hydrogen-bond donors (Lipinski definition) is 2. The summed E-state index contributed by atoms with van der Waals surface area (Å²) in [5, 5.41) is 6.87. The van der Waals surface area contributed by atoms with Gasteiger partial charge in [0.2, 0.25) is 0 Å². The number of guanidine groups is 1. The van der Waals surface area contributed by atoms with E-state index in [0.29, 0.717) is 19.3 Å². The van der Waals surface area contributed by atoms with Crippen LogP contribution in [-0.4, -0.2) is 57.8 Å². The highest BCUT2D eigenvalue weighted by Crippen LogP contribution is 2.26. The van der Waals surface area contributed by atoms with Crippen LogP contribution in [0.1, 0.15) is 36.6 Å². The molecule has 1 aromatic heterocycles. The maximum absolute atomic E-state index is 5.62. The largest absolute Gasteiger partial charge is 0.497 e. The molecule has 1 unspecified atom stereocenters. The van der Waals surface area contributed by atoms with Crippen LogP contribution in [0.5, 0.6) is 5.75 Å². The number of nitrogens with one attached hydrogen (secondary N) is 2. The summed E-state index contributed by atoms with van der Waals surface area (Å²) in [6.45, 7) is 5.07. The molecule has 3 rings (SSSR count). The van der Waals surface area contributed by atoms with Gasteiger partial charge in [0.1, 0.15) is 18.1 Å². The third kappa shape index (κ3) is 8.34. The molecule has 8 heteroatoms. The summed E-state index contributed by atoms with van der Waals surface area (Å²) in [6.07, 6.45) is 5.09. The van der Waals surface area contributed by atoms with Gasteiger partial charge in [-0.1, -0.05) is 12.1 Å². The molecule has 1 fully saturated rings. The lowest BCUT2D eigenvalue weighted by Crippen LogP contribution is -2.43. The number of hydrogen-bond acceptors (Lipinski definition) is 5. The Labute approximate surface area is 202 Å². The van der Waals surface area contributed by atoms with E-state index in [9.17, 15) is 0 Å². The minimum Gasteiger partial charge on any atom is -0.497 e. The third-order valence-electron chi connectivity index (χ3n) is 5.35. The van der Waals surface area contributed by atoms with E-state index in [2.05, 4.69) is 32.7 Å². The smallest absolute Gasteiger partial charge is 0.191 e. The summed E-state index contributed by atoms with van der Waals surface area (Å²) in [4.78, 5) is 6.91. The third-order valence-corrected chi connectivity index (χ3v) is 5.35. The lowest BCUT2D eigenvalue weighted by molar-refractivity contribution is 0.105. The van der Waals surface area contributed by atoms with Crippen molar-refractivity contribution in [1.29, 1.82) is 0 Å². The van der Waals surface area contributed by atoms with Gasteiger partial charge in [0.25, 0.3) is 0 Å². The molecule has 7 nitrogen and oxygen atoms in total. The number of ether oxygens (including phenoxy) is 2. The van der Waals surface area contributed by atoms with Crippen molar-refractivity contribution in [3.63, 3.8) is 0 Å². The van der Waals surface area contributed by atoms with Crippen molar-refractivity contribution in [2.45, 2.75) is 31.9 Å². The van der Waals surface area contributed by atoms with Gasteiger partial charge in [-0.2, -0.15) is 0 Å². The van der Waals surface area contributed by atoms with Crippen LogP contribution in [0.4, 0.5) is 0 Å². The van der Waals surface area contributed by atoms with E-state index in [1.54, 1.807) is 20.4 Å². The second-order valence-electron chi connectivity index (χ2n) is 7.40. The number of benzene rings is 1. The van der Waals surface area contributed by atoms with Gasteiger partial charge in [0.05, 0.1) is 19.4 Å². The number of likely N-dealkylation sites (tertiary alicyclic amines) is 1. The van der Waals surface area contributed by atoms with Crippen LogP contribution >= 0.6 is 24.0 Å². The van der Waals surface area contributed by atoms with E-state index in [0.717, 1.165) is 50.1 Å². The van der Waals surface area contributed by atoms with Gasteiger partial charge in [-0.25, -0.2) is 0 Å². The molecule has 2 aromatic rings. The lowest BCUT2D eigenvalue weighted by Gasteiger charge is -2.29. The average molecular weight is 542 g/mol. The standard InChI is InChI=1S/C23H34N4O3.HI/c1-24-23(25-12-6-15-29-18-21-7-5-16-30-21)26-17-22(27-13-3-4-14-27)19-8-10-20(28-2)11-9-19;/h5,7-11,16,22H,3-4,6,12-15,17-18H2,1-2H3,(H2,24,25,26);1H. The molecule has 1 aromatic carbocycles. The Balaban J connectivity index is 0.00000341. The fraction of sp³-hybridized carbons (Fsp3) is 0.522. The molecule has 2 N–H and O–H groups in total. The van der Waals surface area contributed by atoms with Gasteiger partial charge in [-0.05, 0) is 62.2 Å². The number of furan rings is 1. The minimum absolute atomic E-state index is 0. The number of methoxy groups -OCH3 is 1. The average Bonchev–Trinajstić information content (AvgIpc) is 3.50. The molecule has 0 bridgehead atoms. The van der Waals surface area contributed by atoms with Crippen molar-refractivity contribution >= 4 is 29.9 Å². The number of halogens is 1. The highest BCUT2D eigenvalue weighted by atomic mass is 127. The molecule has 0 saturated carbocycles. The van der Waals surface area contributed by atoms with E-state index in [1.807, 2.05) is 24.3 Å². The summed E-state index contributed by atoms with van der Waals surface area (Å²) in [5.41, 5.74) is 1.30. The molecule has 0 aliphatic carbocycles. The first-order chi connectivity index (χ1) is 14.8. The van der Waals surface area contributed by atoms with Gasteiger partial charge >= 0.3 is 0 Å². The Hall–Kier alpha value is -1.78. The van der Waals surface area contributed by atoms with Crippen molar-refractivity contribution in [3.8, 4) is 5.75 Å². The molecule has 0 radical (unpaired) electrons. The quantitative estimate of drug-likeness (QED) is 0.195. The number of aliphatic imine (C=N–C) groups is 1. The Kier molecular flexibility index (Phi) is 11.8. The molecular formula is C23H35IN4O3. The molecule has 0 spiro atoms. The van der Waals surface area contributed by atoms with E-state index < -0.39 is 0 Å². The maximum atomic E-state index is 5.62. The Bertz CT molecular complexity index is 747. The fourth-order valence-electron chi connectivity index (χ4n) is 3.70. The fourth-order valence-corrected chi connectivity index (χ4v) is 3.70. The molecular weight excluding hydrogens is 507 g/mol. The molecule has 31 heavy (non-hydrogen) atoms. The Morgan fingerprint density at radius 1 is 1.16 bits per heavy atom. The van der Waals surface area contributed by atoms with E-state index >= 15 is 0 Å². The number of rotatable bonds is 11. The van der Waals surface area contributed by atoms with Crippen LogP contribution in [0, 0.1) is 0 Å². The summed E-state index contributed by atoms with van der Waals surface area (Å²) in [7, 11) is 3.51. The molecule has 1 aliphatic rings. The summed E-state index contributed by atoms with van der Waals surface area (Å²) in [5.74, 6) is 2.56. The Morgan fingerprint density at radius 3 is 2.58 bits per heavy atom. The lowest BCUT2D eigenvalue weighted by atomic mass is 10.1. The first-order valence-electron chi connectivity index (χ1n) is 10.7. The van der Waals surface area contributed by atoms with Crippen molar-refractivity contribution in [1.82, 2.24) is 15.5 Å². The van der Waals surface area contributed by atoms with Crippen LogP contribution in [0.3, 0.4) is 0 Å². The Morgan fingerprint density at radius 2 is 1.94 bits per heavy atom. The molecule has 1 aliphatic heterocycles. The van der Waals surface area contributed by atoms with Crippen molar-refractivity contribution < 1.29 is 13.9 Å². The van der Waals surface area contributed by atoms with Crippen LogP contribution in [0.25, 0.3) is 0 Å². The van der Waals surface area contributed by atoms with Gasteiger partial charge < -0.3 is 24.5 Å². The van der Waals surface area contributed by atoms with Gasteiger partial charge in [0.15, 0.2) is 5.96 Å². The molecule has 1 atom stereocenters. The summed E-state index contributed by atoms with van der Waals surface area (Å²) in [6, 6.07) is 12.5. The maximum Gasteiger partial charge on any atom is 0.191 e. The van der Waals surface area contributed by atoms with Crippen molar-refractivity contribution in [2.75, 3.05) is 46.9 Å². The van der Waals surface area contributed by atoms with E-state index in [4.69, 9.17) is 13.9 Å². The second kappa shape index (κ2) is 14.3. The molecule has 0 amide bonds. The minimum atomic E-state index is 0. The van der Waals surface area contributed by atoms with Gasteiger partial charge in [-0.3, -0.25) is 9.89 Å². The molecule has 2 heterocycles. The van der Waals surface area contributed by atoms with Crippen LogP contribution < -0.4 is 15.4 Å². The summed E-state index contributed by atoms with van der Waals surface area (Å²) >= 11 is 0. The van der Waals surface area contributed by atoms with E-state index in [-0.39, 0.29) is 24.0 Å². The second-order valence-corrected chi connectivity index (χ2v) is 7.40. The zero-order chi connectivity index (χ0) is 21.0. The van der Waals surface area contributed by atoms with Crippen LogP contribution in [-0.2, 0) is 11.3 Å². The highest BCUT2D eigenvalue weighted by Gasteiger charge is 2.23. The molecule has 1 saturated heterocycles. The molecule has 172 valence electrons. The zero-order valence-electron chi connectivity index (χ0n) is 18.5. The van der Waals surface area contributed by atoms with Crippen LogP contribution in [0.2, 0.25) is 0 Å². The highest BCUT2D eigenvalue weighted by molar-refractivity contribution is 14.0. The van der Waals surface area contributed by atoms with Crippen molar-refractivity contribution in [2.24, 2.45) is 4.99 Å². The predicted octanol–water partition coefficient (Wildman–Crippen LogP) is 3.82. The van der Waals surface area contributed by atoms with Gasteiger partial charge in [0, 0.05) is 26.7 Å². The first kappa shape index (κ1) is 25.5. The predicted molar refractivity (Wildman–Crippen MR) is 134 cm³/mol. The van der Waals surface area contributed by atoms with Gasteiger partial charge in [-0.15, -0.1) is 24.0 Å².